The molecule has 0 saturated heterocycles. The number of rotatable bonds is 7. The number of nitrogens with one attached hydrogen (secondary N) is 1. The van der Waals surface area contributed by atoms with E-state index in [1.165, 1.54) is 4.31 Å². The number of sulfonamides is 1. The number of hydrogen-bond donors (Lipinski definition) is 1. The quantitative estimate of drug-likeness (QED) is 0.387. The fourth-order valence-electron chi connectivity index (χ4n) is 3.21. The number of carbonyl (C=O) groups excluding carboxylic acids is 1. The van der Waals surface area contributed by atoms with Gasteiger partial charge in [-0.1, -0.05) is 54.1 Å². The van der Waals surface area contributed by atoms with Crippen LogP contribution in [0.2, 0.25) is 5.02 Å². The molecule has 33 heavy (non-hydrogen) atoms. The summed E-state index contributed by atoms with van der Waals surface area (Å²) in [6.07, 6.45) is 1.55. The maximum Gasteiger partial charge on any atom is 0.265 e. The van der Waals surface area contributed by atoms with E-state index in [9.17, 15) is 13.2 Å². The number of benzene rings is 3. The van der Waals surface area contributed by atoms with Gasteiger partial charge in [-0.2, -0.15) is 0 Å². The van der Waals surface area contributed by atoms with E-state index >= 15 is 0 Å². The van der Waals surface area contributed by atoms with Crippen molar-refractivity contribution < 1.29 is 13.2 Å². The Morgan fingerprint density at radius 2 is 1.61 bits per heavy atom. The summed E-state index contributed by atoms with van der Waals surface area (Å²) in [5.74, 6) is 0.0198. The summed E-state index contributed by atoms with van der Waals surface area (Å²) >= 11 is 5.96. The fraction of sp³-hybridized carbons (Fsp3) is 0.0400. The third-order valence-electron chi connectivity index (χ3n) is 4.86. The number of aromatic nitrogens is 1. The van der Waals surface area contributed by atoms with Crippen molar-refractivity contribution in [1.29, 1.82) is 0 Å². The first-order valence-corrected chi connectivity index (χ1v) is 11.9. The molecule has 3 aromatic carbocycles. The Kier molecular flexibility index (Phi) is 6.72. The molecule has 4 aromatic rings. The number of amides is 1. The van der Waals surface area contributed by atoms with E-state index in [0.717, 1.165) is 0 Å². The molecular formula is C25H20ClN3O3S. The van der Waals surface area contributed by atoms with E-state index in [-0.39, 0.29) is 17.3 Å². The summed E-state index contributed by atoms with van der Waals surface area (Å²) in [6, 6.07) is 27.0. The van der Waals surface area contributed by atoms with Gasteiger partial charge >= 0.3 is 0 Å². The molecule has 0 atom stereocenters. The lowest BCUT2D eigenvalue weighted by atomic mass is 10.1. The Hall–Kier alpha value is -3.68. The van der Waals surface area contributed by atoms with Gasteiger partial charge in [-0.05, 0) is 60.2 Å². The van der Waals surface area contributed by atoms with Crippen molar-refractivity contribution in [3.8, 4) is 0 Å². The largest absolute Gasteiger partial charge is 0.322 e. The molecule has 1 aromatic heterocycles. The van der Waals surface area contributed by atoms with Crippen LogP contribution in [0.3, 0.4) is 0 Å². The predicted octanol–water partition coefficient (Wildman–Crippen LogP) is 5.38. The third kappa shape index (κ3) is 5.39. The van der Waals surface area contributed by atoms with Crippen LogP contribution in [0.1, 0.15) is 15.9 Å². The molecule has 0 spiro atoms. The molecule has 0 bridgehead atoms. The van der Waals surface area contributed by atoms with Crippen LogP contribution in [0.15, 0.2) is 108 Å². The van der Waals surface area contributed by atoms with Crippen LogP contribution in [-0.4, -0.2) is 19.3 Å². The van der Waals surface area contributed by atoms with E-state index < -0.39 is 10.0 Å². The van der Waals surface area contributed by atoms with Crippen LogP contribution in [0.25, 0.3) is 0 Å². The normalized spacial score (nSPS) is 11.1. The zero-order chi connectivity index (χ0) is 23.3. The van der Waals surface area contributed by atoms with Gasteiger partial charge in [0.15, 0.2) is 0 Å². The minimum absolute atomic E-state index is 0.0600. The summed E-state index contributed by atoms with van der Waals surface area (Å²) in [7, 11) is -3.84. The zero-order valence-electron chi connectivity index (χ0n) is 17.4. The molecule has 8 heteroatoms. The van der Waals surface area contributed by atoms with Crippen molar-refractivity contribution in [3.05, 3.63) is 119 Å². The van der Waals surface area contributed by atoms with E-state index in [1.807, 2.05) is 0 Å². The summed E-state index contributed by atoms with van der Waals surface area (Å²) < 4.78 is 28.0. The van der Waals surface area contributed by atoms with Gasteiger partial charge in [-0.3, -0.25) is 4.79 Å². The average molecular weight is 478 g/mol. The standard InChI is InChI=1S/C25H20ClN3O3S/c26-21-7-6-8-22(17-21)28-25(30)20-14-12-19(13-15-20)18-29(24-11-4-5-16-27-24)33(31,32)23-9-2-1-3-10-23/h1-17H,18H2,(H,28,30). The second kappa shape index (κ2) is 9.85. The Balaban J connectivity index is 1.58. The van der Waals surface area contributed by atoms with Gasteiger partial charge in [0.25, 0.3) is 15.9 Å². The van der Waals surface area contributed by atoms with Crippen LogP contribution in [-0.2, 0) is 16.6 Å². The molecule has 0 radical (unpaired) electrons. The second-order valence-electron chi connectivity index (χ2n) is 7.17. The maximum atomic E-state index is 13.4. The maximum absolute atomic E-state index is 13.4. The van der Waals surface area contributed by atoms with Crippen LogP contribution in [0.5, 0.6) is 0 Å². The first-order chi connectivity index (χ1) is 15.9. The topological polar surface area (TPSA) is 79.4 Å². The van der Waals surface area contributed by atoms with Gasteiger partial charge in [0.1, 0.15) is 5.82 Å². The summed E-state index contributed by atoms with van der Waals surface area (Å²) in [5.41, 5.74) is 1.74. The number of halogens is 1. The van der Waals surface area contributed by atoms with E-state index in [1.54, 1.807) is 103 Å². The van der Waals surface area contributed by atoms with Gasteiger partial charge < -0.3 is 5.32 Å². The molecular weight excluding hydrogens is 458 g/mol. The average Bonchev–Trinajstić information content (AvgIpc) is 2.84. The molecule has 0 aliphatic heterocycles. The molecule has 0 saturated carbocycles. The molecule has 4 rings (SSSR count). The summed E-state index contributed by atoms with van der Waals surface area (Å²) in [5, 5.41) is 3.32. The molecule has 166 valence electrons. The molecule has 0 fully saturated rings. The lowest BCUT2D eigenvalue weighted by Crippen LogP contribution is -2.31. The Morgan fingerprint density at radius 1 is 0.879 bits per heavy atom. The van der Waals surface area contributed by atoms with E-state index in [4.69, 9.17) is 11.6 Å². The molecule has 1 N–H and O–H groups in total. The number of pyridine rings is 1. The third-order valence-corrected chi connectivity index (χ3v) is 6.86. The minimum Gasteiger partial charge on any atom is -0.322 e. The van der Waals surface area contributed by atoms with Crippen LogP contribution >= 0.6 is 11.6 Å². The van der Waals surface area contributed by atoms with Crippen molar-refractivity contribution in [2.75, 3.05) is 9.62 Å². The highest BCUT2D eigenvalue weighted by Gasteiger charge is 2.26. The van der Waals surface area contributed by atoms with Gasteiger partial charge in [0.05, 0.1) is 11.4 Å². The van der Waals surface area contributed by atoms with Crippen molar-refractivity contribution in [3.63, 3.8) is 0 Å². The number of anilines is 2. The van der Waals surface area contributed by atoms with E-state index in [0.29, 0.717) is 27.7 Å². The molecule has 6 nitrogen and oxygen atoms in total. The van der Waals surface area contributed by atoms with Crippen LogP contribution in [0.4, 0.5) is 11.5 Å². The van der Waals surface area contributed by atoms with Crippen molar-refractivity contribution in [2.24, 2.45) is 0 Å². The predicted molar refractivity (Wildman–Crippen MR) is 130 cm³/mol. The zero-order valence-corrected chi connectivity index (χ0v) is 19.0. The Labute approximate surface area is 197 Å². The highest BCUT2D eigenvalue weighted by Crippen LogP contribution is 2.24. The highest BCUT2D eigenvalue weighted by molar-refractivity contribution is 7.92. The van der Waals surface area contributed by atoms with E-state index in [2.05, 4.69) is 10.3 Å². The number of nitrogens with zero attached hydrogens (tertiary/aromatic N) is 2. The molecule has 0 unspecified atom stereocenters. The van der Waals surface area contributed by atoms with Crippen molar-refractivity contribution in [1.82, 2.24) is 4.98 Å². The number of carbonyl (C=O) groups is 1. The van der Waals surface area contributed by atoms with Crippen molar-refractivity contribution in [2.45, 2.75) is 11.4 Å². The molecule has 1 heterocycles. The highest BCUT2D eigenvalue weighted by atomic mass is 35.5. The fourth-order valence-corrected chi connectivity index (χ4v) is 4.83. The SMILES string of the molecule is O=C(Nc1cccc(Cl)c1)c1ccc(CN(c2ccccn2)S(=O)(=O)c2ccccc2)cc1. The minimum atomic E-state index is -3.84. The summed E-state index contributed by atoms with van der Waals surface area (Å²) in [6.45, 7) is 0.0600. The Morgan fingerprint density at radius 3 is 2.27 bits per heavy atom. The lowest BCUT2D eigenvalue weighted by Gasteiger charge is -2.23. The van der Waals surface area contributed by atoms with Crippen LogP contribution in [0, 0.1) is 0 Å². The molecule has 0 aliphatic rings. The molecule has 0 aliphatic carbocycles. The molecule has 1 amide bonds. The lowest BCUT2D eigenvalue weighted by molar-refractivity contribution is 0.102. The van der Waals surface area contributed by atoms with Gasteiger partial charge in [0, 0.05) is 22.5 Å². The first-order valence-electron chi connectivity index (χ1n) is 10.1. The van der Waals surface area contributed by atoms with Crippen molar-refractivity contribution >= 4 is 39.0 Å². The van der Waals surface area contributed by atoms with Crippen LogP contribution < -0.4 is 9.62 Å². The van der Waals surface area contributed by atoms with Gasteiger partial charge in [-0.15, -0.1) is 0 Å². The first kappa shape index (κ1) is 22.5. The Bertz CT molecular complexity index is 1350. The monoisotopic (exact) mass is 477 g/mol. The second-order valence-corrected chi connectivity index (χ2v) is 9.47. The smallest absolute Gasteiger partial charge is 0.265 e. The van der Waals surface area contributed by atoms with Gasteiger partial charge in [0.2, 0.25) is 0 Å². The summed E-state index contributed by atoms with van der Waals surface area (Å²) in [4.78, 5) is 17.0. The van der Waals surface area contributed by atoms with Gasteiger partial charge in [-0.25, -0.2) is 17.7 Å². The number of hydrogen-bond acceptors (Lipinski definition) is 4.